The van der Waals surface area contributed by atoms with Gasteiger partial charge < -0.3 is 24.1 Å². The molecule has 0 bridgehead atoms. The predicted octanol–water partition coefficient (Wildman–Crippen LogP) is 4.63. The van der Waals surface area contributed by atoms with Gasteiger partial charge in [0.2, 0.25) is 0 Å². The first kappa shape index (κ1) is 23.5. The molecule has 0 radical (unpaired) electrons. The molecule has 8 heteroatoms. The average Bonchev–Trinajstić information content (AvgIpc) is 2.82. The van der Waals surface area contributed by atoms with Crippen molar-refractivity contribution in [1.82, 2.24) is 0 Å². The molecule has 2 heterocycles. The summed E-state index contributed by atoms with van der Waals surface area (Å²) in [5.41, 5.74) is -1.42. The molecule has 186 valence electrons. The lowest BCUT2D eigenvalue weighted by Gasteiger charge is -2.42. The van der Waals surface area contributed by atoms with Crippen LogP contribution >= 0.6 is 0 Å². The number of allylic oxidation sites excluding steroid dienone is 1. The maximum absolute atomic E-state index is 13.4. The van der Waals surface area contributed by atoms with E-state index in [0.717, 1.165) is 38.5 Å². The Morgan fingerprint density at radius 3 is 1.74 bits per heavy atom. The average molecular weight is 483 g/mol. The number of carbonyl (C=O) groups is 3. The maximum atomic E-state index is 13.4. The minimum Gasteiger partial charge on any atom is -0.480 e. The van der Waals surface area contributed by atoms with E-state index in [4.69, 9.17) is 18.9 Å². The minimum atomic E-state index is -1.44. The van der Waals surface area contributed by atoms with Gasteiger partial charge in [0.25, 0.3) is 17.5 Å². The summed E-state index contributed by atoms with van der Waals surface area (Å²) in [5.74, 6) is -5.34. The number of carbonyl (C=O) groups excluding carboxylic acids is 3. The van der Waals surface area contributed by atoms with E-state index in [1.54, 1.807) is 37.3 Å². The van der Waals surface area contributed by atoms with Gasteiger partial charge in [-0.1, -0.05) is 43.2 Å². The summed E-state index contributed by atoms with van der Waals surface area (Å²) >= 11 is 0. The number of aliphatic hydroxyl groups is 1. The van der Waals surface area contributed by atoms with Gasteiger partial charge in [-0.15, -0.1) is 0 Å². The summed E-state index contributed by atoms with van der Waals surface area (Å²) in [4.78, 5) is 39.5. The molecule has 8 nitrogen and oxygen atoms in total. The molecule has 1 unspecified atom stereocenters. The van der Waals surface area contributed by atoms with Crippen molar-refractivity contribution in [2.75, 3.05) is 0 Å². The van der Waals surface area contributed by atoms with Crippen molar-refractivity contribution in [2.24, 2.45) is 0 Å². The molecule has 2 aliphatic heterocycles. The molecule has 1 N–H and O–H groups in total. The fraction of sp³-hybridized carbons (Fsp3) is 0.519. The zero-order valence-electron chi connectivity index (χ0n) is 19.8. The van der Waals surface area contributed by atoms with Crippen molar-refractivity contribution in [1.29, 1.82) is 0 Å². The van der Waals surface area contributed by atoms with Crippen LogP contribution in [0.1, 0.15) is 76.7 Å². The first-order chi connectivity index (χ1) is 16.8. The zero-order chi connectivity index (χ0) is 24.7. The van der Waals surface area contributed by atoms with Crippen LogP contribution in [0.3, 0.4) is 0 Å². The SMILES string of the molecule is CC(C=C1C(=O)OC2(CCCCC2)OC1=O)(C1=C(O)OC2(CCCCC2)OC1=O)c1ccccc1. The van der Waals surface area contributed by atoms with E-state index in [9.17, 15) is 19.5 Å². The first-order valence-corrected chi connectivity index (χ1v) is 12.4. The Morgan fingerprint density at radius 2 is 1.23 bits per heavy atom. The fourth-order valence-electron chi connectivity index (χ4n) is 5.62. The van der Waals surface area contributed by atoms with E-state index in [2.05, 4.69) is 0 Å². The van der Waals surface area contributed by atoms with Gasteiger partial charge in [0, 0.05) is 25.7 Å². The summed E-state index contributed by atoms with van der Waals surface area (Å²) in [7, 11) is 0. The highest BCUT2D eigenvalue weighted by atomic mass is 16.8. The van der Waals surface area contributed by atoms with E-state index < -0.39 is 40.8 Å². The van der Waals surface area contributed by atoms with E-state index in [1.165, 1.54) is 6.08 Å². The Balaban J connectivity index is 1.56. The number of hydrogen-bond donors (Lipinski definition) is 1. The minimum absolute atomic E-state index is 0.189. The highest BCUT2D eigenvalue weighted by molar-refractivity contribution is 6.16. The molecule has 0 aromatic heterocycles. The third kappa shape index (κ3) is 4.19. The highest BCUT2D eigenvalue weighted by Crippen LogP contribution is 2.45. The number of ether oxygens (including phenoxy) is 4. The standard InChI is InChI=1S/C27H30O8/c1-25(18-11-5-2-6-12-18,20-23(30)34-27(35-24(20)31)15-9-4-10-16-27)17-19-21(28)32-26(33-22(19)29)13-7-3-8-14-26/h2,5-6,11-12,17,30H,3-4,7-10,13-16H2,1H3. The van der Waals surface area contributed by atoms with Crippen LogP contribution in [0, 0.1) is 0 Å². The van der Waals surface area contributed by atoms with E-state index in [-0.39, 0.29) is 11.1 Å². The molecule has 1 aromatic rings. The van der Waals surface area contributed by atoms with E-state index >= 15 is 0 Å². The normalized spacial score (nSPS) is 25.3. The van der Waals surface area contributed by atoms with Crippen LogP contribution in [-0.2, 0) is 38.7 Å². The van der Waals surface area contributed by atoms with Crippen LogP contribution in [0.5, 0.6) is 0 Å². The number of aliphatic hydroxyl groups excluding tert-OH is 1. The van der Waals surface area contributed by atoms with Crippen molar-refractivity contribution < 1.29 is 38.4 Å². The van der Waals surface area contributed by atoms with Gasteiger partial charge >= 0.3 is 17.9 Å². The van der Waals surface area contributed by atoms with Crippen molar-refractivity contribution in [3.8, 4) is 0 Å². The van der Waals surface area contributed by atoms with E-state index in [1.807, 2.05) is 0 Å². The second-order valence-electron chi connectivity index (χ2n) is 10.0. The summed E-state index contributed by atoms with van der Waals surface area (Å²) in [6.45, 7) is 1.62. The molecule has 2 spiro atoms. The maximum Gasteiger partial charge on any atom is 0.348 e. The predicted molar refractivity (Wildman–Crippen MR) is 123 cm³/mol. The molecule has 2 aliphatic carbocycles. The molecule has 2 saturated carbocycles. The van der Waals surface area contributed by atoms with Crippen LogP contribution in [-0.4, -0.2) is 34.6 Å². The van der Waals surface area contributed by atoms with Crippen molar-refractivity contribution in [3.05, 3.63) is 59.1 Å². The fourth-order valence-corrected chi connectivity index (χ4v) is 5.62. The monoisotopic (exact) mass is 482 g/mol. The molecule has 0 amide bonds. The van der Waals surface area contributed by atoms with Gasteiger partial charge in [-0.3, -0.25) is 0 Å². The quantitative estimate of drug-likeness (QED) is 0.377. The lowest BCUT2D eigenvalue weighted by Crippen LogP contribution is -2.49. The summed E-state index contributed by atoms with van der Waals surface area (Å²) < 4.78 is 22.9. The van der Waals surface area contributed by atoms with E-state index in [0.29, 0.717) is 31.2 Å². The van der Waals surface area contributed by atoms with Crippen LogP contribution in [0.25, 0.3) is 0 Å². The number of esters is 3. The molecular formula is C27H30O8. The third-order valence-electron chi connectivity index (χ3n) is 7.53. The largest absolute Gasteiger partial charge is 0.480 e. The molecule has 5 rings (SSSR count). The molecule has 1 atom stereocenters. The number of hydrogen-bond acceptors (Lipinski definition) is 8. The van der Waals surface area contributed by atoms with Gasteiger partial charge in [-0.25, -0.2) is 14.4 Å². The van der Waals surface area contributed by atoms with Crippen LogP contribution in [0.15, 0.2) is 53.5 Å². The van der Waals surface area contributed by atoms with Crippen molar-refractivity contribution in [3.63, 3.8) is 0 Å². The van der Waals surface area contributed by atoms with Gasteiger partial charge in [0.1, 0.15) is 11.1 Å². The Bertz CT molecular complexity index is 1070. The Labute approximate surface area is 203 Å². The van der Waals surface area contributed by atoms with Gasteiger partial charge in [-0.2, -0.15) is 0 Å². The zero-order valence-corrected chi connectivity index (χ0v) is 19.8. The topological polar surface area (TPSA) is 108 Å². The number of rotatable bonds is 3. The van der Waals surface area contributed by atoms with Gasteiger partial charge in [0.15, 0.2) is 0 Å². The Morgan fingerprint density at radius 1 is 0.743 bits per heavy atom. The molecule has 1 saturated heterocycles. The Hall–Kier alpha value is -3.29. The van der Waals surface area contributed by atoms with Crippen LogP contribution < -0.4 is 0 Å². The third-order valence-corrected chi connectivity index (χ3v) is 7.53. The summed E-state index contributed by atoms with van der Waals surface area (Å²) in [5, 5.41) is 11.0. The highest BCUT2D eigenvalue weighted by Gasteiger charge is 2.52. The van der Waals surface area contributed by atoms with Gasteiger partial charge in [0.05, 0.1) is 5.41 Å². The molecule has 1 aromatic carbocycles. The lowest BCUT2D eigenvalue weighted by atomic mass is 9.74. The smallest absolute Gasteiger partial charge is 0.348 e. The first-order valence-electron chi connectivity index (χ1n) is 12.4. The second-order valence-corrected chi connectivity index (χ2v) is 10.0. The molecule has 35 heavy (non-hydrogen) atoms. The summed E-state index contributed by atoms with van der Waals surface area (Å²) in [6, 6.07) is 8.79. The van der Waals surface area contributed by atoms with Gasteiger partial charge in [-0.05, 0) is 44.2 Å². The van der Waals surface area contributed by atoms with Crippen LogP contribution in [0.4, 0.5) is 0 Å². The van der Waals surface area contributed by atoms with Crippen LogP contribution in [0.2, 0.25) is 0 Å². The summed E-state index contributed by atoms with van der Waals surface area (Å²) in [6.07, 6.45) is 8.42. The molecule has 4 aliphatic rings. The molecular weight excluding hydrogens is 452 g/mol. The van der Waals surface area contributed by atoms with Crippen molar-refractivity contribution in [2.45, 2.75) is 88.1 Å². The molecule has 3 fully saturated rings. The Kier molecular flexibility index (Phi) is 5.85. The second kappa shape index (κ2) is 8.73. The lowest BCUT2D eigenvalue weighted by molar-refractivity contribution is -0.251. The van der Waals surface area contributed by atoms with Crippen molar-refractivity contribution >= 4 is 17.9 Å². The number of benzene rings is 1.